The van der Waals surface area contributed by atoms with E-state index in [0.717, 1.165) is 54.0 Å². The van der Waals surface area contributed by atoms with Crippen LogP contribution in [0, 0.1) is 11.7 Å². The average Bonchev–Trinajstić information content (AvgIpc) is 2.94. The first-order valence-electron chi connectivity index (χ1n) is 9.43. The molecular formula is C21H24BrFN2O2. The largest absolute Gasteiger partial charge is 0.381 e. The van der Waals surface area contributed by atoms with Gasteiger partial charge in [0.1, 0.15) is 5.82 Å². The predicted molar refractivity (Wildman–Crippen MR) is 106 cm³/mol. The molecule has 0 atom stereocenters. The molecular weight excluding hydrogens is 411 g/mol. The lowest BCUT2D eigenvalue weighted by Crippen LogP contribution is -2.44. The van der Waals surface area contributed by atoms with Crippen molar-refractivity contribution in [1.29, 1.82) is 0 Å². The first-order chi connectivity index (χ1) is 12.9. The summed E-state index contributed by atoms with van der Waals surface area (Å²) in [6.07, 6.45) is 2.05. The maximum absolute atomic E-state index is 13.4. The first-order valence-corrected chi connectivity index (χ1v) is 10.2. The van der Waals surface area contributed by atoms with Gasteiger partial charge in [0.05, 0.1) is 10.2 Å². The number of fused-ring (bicyclic) bond motifs is 1. The number of carbonyl (C=O) groups is 1. The number of hydrogen-bond donors (Lipinski definition) is 1. The van der Waals surface area contributed by atoms with Crippen LogP contribution >= 0.6 is 15.9 Å². The summed E-state index contributed by atoms with van der Waals surface area (Å²) in [6.45, 7) is 7.36. The van der Waals surface area contributed by atoms with E-state index in [2.05, 4.69) is 39.7 Å². The van der Waals surface area contributed by atoms with Crippen molar-refractivity contribution in [2.45, 2.75) is 38.6 Å². The lowest BCUT2D eigenvalue weighted by Gasteiger charge is -2.34. The highest BCUT2D eigenvalue weighted by atomic mass is 79.9. The Bertz CT molecular complexity index is 867. The van der Waals surface area contributed by atoms with E-state index < -0.39 is 0 Å². The Morgan fingerprint density at radius 3 is 2.56 bits per heavy atom. The van der Waals surface area contributed by atoms with Gasteiger partial charge in [-0.1, -0.05) is 26.0 Å². The van der Waals surface area contributed by atoms with Crippen molar-refractivity contribution in [3.63, 3.8) is 0 Å². The highest BCUT2D eigenvalue weighted by molar-refractivity contribution is 9.10. The summed E-state index contributed by atoms with van der Waals surface area (Å²) in [5.41, 5.74) is 3.27. The molecule has 1 N–H and O–H groups in total. The van der Waals surface area contributed by atoms with Crippen molar-refractivity contribution in [2.24, 2.45) is 5.92 Å². The van der Waals surface area contributed by atoms with Gasteiger partial charge in [-0.15, -0.1) is 0 Å². The molecule has 1 amide bonds. The molecule has 2 aromatic rings. The van der Waals surface area contributed by atoms with E-state index in [0.29, 0.717) is 18.0 Å². The Morgan fingerprint density at radius 2 is 1.89 bits per heavy atom. The molecule has 1 aromatic heterocycles. The lowest BCUT2D eigenvalue weighted by molar-refractivity contribution is 0.0604. The molecule has 6 heteroatoms. The smallest absolute Gasteiger partial charge is 0.253 e. The van der Waals surface area contributed by atoms with Gasteiger partial charge in [0.15, 0.2) is 0 Å². The Morgan fingerprint density at radius 1 is 1.22 bits per heavy atom. The van der Waals surface area contributed by atoms with Crippen LogP contribution in [-0.2, 0) is 16.7 Å². The highest BCUT2D eigenvalue weighted by Gasteiger charge is 2.40. The fourth-order valence-corrected chi connectivity index (χ4v) is 4.98. The minimum absolute atomic E-state index is 0.0601. The van der Waals surface area contributed by atoms with Crippen LogP contribution in [0.1, 0.15) is 42.7 Å². The molecule has 0 aliphatic carbocycles. The van der Waals surface area contributed by atoms with Crippen molar-refractivity contribution >= 4 is 21.8 Å². The third-order valence-corrected chi connectivity index (χ3v) is 6.50. The topological polar surface area (TPSA) is 43.3 Å². The van der Waals surface area contributed by atoms with E-state index in [1.807, 2.05) is 0 Å². The van der Waals surface area contributed by atoms with Crippen LogP contribution in [0.25, 0.3) is 11.1 Å². The molecule has 27 heavy (non-hydrogen) atoms. The average molecular weight is 435 g/mol. The van der Waals surface area contributed by atoms with Gasteiger partial charge in [-0.05, 0) is 52.4 Å². The first kappa shape index (κ1) is 18.7. The molecule has 1 aromatic carbocycles. The van der Waals surface area contributed by atoms with Gasteiger partial charge in [-0.25, -0.2) is 4.39 Å². The van der Waals surface area contributed by atoms with Crippen molar-refractivity contribution in [3.8, 4) is 11.1 Å². The van der Waals surface area contributed by atoms with Gasteiger partial charge in [-0.2, -0.15) is 0 Å². The van der Waals surface area contributed by atoms with Gasteiger partial charge in [0.2, 0.25) is 0 Å². The molecule has 1 saturated heterocycles. The zero-order chi connectivity index (χ0) is 19.2. The number of aromatic nitrogens is 1. The Labute approximate surface area is 167 Å². The summed E-state index contributed by atoms with van der Waals surface area (Å²) in [5, 5.41) is 3.03. The second kappa shape index (κ2) is 7.06. The van der Waals surface area contributed by atoms with Crippen LogP contribution in [0.4, 0.5) is 4.39 Å². The summed E-state index contributed by atoms with van der Waals surface area (Å²) < 4.78 is 22.1. The van der Waals surface area contributed by atoms with E-state index in [1.54, 1.807) is 12.1 Å². The van der Waals surface area contributed by atoms with Crippen molar-refractivity contribution < 1.29 is 13.9 Å². The van der Waals surface area contributed by atoms with Crippen LogP contribution in [-0.4, -0.2) is 30.2 Å². The number of halogens is 2. The molecule has 2 aliphatic rings. The number of benzene rings is 1. The molecule has 0 bridgehead atoms. The lowest BCUT2D eigenvalue weighted by atomic mass is 9.82. The third-order valence-electron chi connectivity index (χ3n) is 5.67. The van der Waals surface area contributed by atoms with E-state index in [-0.39, 0.29) is 17.1 Å². The van der Waals surface area contributed by atoms with Gasteiger partial charge in [0.25, 0.3) is 5.91 Å². The minimum Gasteiger partial charge on any atom is -0.381 e. The molecule has 1 fully saturated rings. The highest BCUT2D eigenvalue weighted by Crippen LogP contribution is 2.43. The summed E-state index contributed by atoms with van der Waals surface area (Å²) in [6, 6.07) is 6.36. The monoisotopic (exact) mass is 434 g/mol. The van der Waals surface area contributed by atoms with Gasteiger partial charge >= 0.3 is 0 Å². The maximum atomic E-state index is 13.4. The number of amides is 1. The maximum Gasteiger partial charge on any atom is 0.253 e. The molecule has 144 valence electrons. The fourth-order valence-electron chi connectivity index (χ4n) is 4.23. The van der Waals surface area contributed by atoms with Crippen LogP contribution in [0.5, 0.6) is 0 Å². The SMILES string of the molecule is CC1(C)CNC(=O)c2c(-c3ccc(F)cc3)c(Br)n(CC3CCOCC3)c21. The summed E-state index contributed by atoms with van der Waals surface area (Å²) in [7, 11) is 0. The van der Waals surface area contributed by atoms with Crippen LogP contribution in [0.2, 0.25) is 0 Å². The molecule has 0 radical (unpaired) electrons. The third kappa shape index (κ3) is 3.34. The number of hydrogen-bond acceptors (Lipinski definition) is 2. The number of ether oxygens (including phenoxy) is 1. The van der Waals surface area contributed by atoms with E-state index >= 15 is 0 Å². The summed E-state index contributed by atoms with van der Waals surface area (Å²) in [4.78, 5) is 12.9. The van der Waals surface area contributed by atoms with Crippen LogP contribution in [0.3, 0.4) is 0 Å². The molecule has 4 nitrogen and oxygen atoms in total. The summed E-state index contributed by atoms with van der Waals surface area (Å²) >= 11 is 3.78. The van der Waals surface area contributed by atoms with E-state index in [4.69, 9.17) is 4.74 Å². The Balaban J connectivity index is 1.89. The van der Waals surface area contributed by atoms with Gasteiger partial charge in [0, 0.05) is 43.0 Å². The van der Waals surface area contributed by atoms with Crippen molar-refractivity contribution in [1.82, 2.24) is 9.88 Å². The zero-order valence-electron chi connectivity index (χ0n) is 15.6. The Hall–Kier alpha value is -1.66. The zero-order valence-corrected chi connectivity index (χ0v) is 17.2. The second-order valence-electron chi connectivity index (χ2n) is 8.13. The molecule has 0 saturated carbocycles. The number of rotatable bonds is 3. The normalized spacial score (nSPS) is 19.6. The Kier molecular flexibility index (Phi) is 4.89. The molecule has 2 aliphatic heterocycles. The number of nitrogens with one attached hydrogen (secondary N) is 1. The van der Waals surface area contributed by atoms with Gasteiger partial charge < -0.3 is 14.6 Å². The molecule has 0 spiro atoms. The summed E-state index contributed by atoms with van der Waals surface area (Å²) in [5.74, 6) is 0.179. The van der Waals surface area contributed by atoms with Crippen molar-refractivity contribution in [3.05, 3.63) is 45.9 Å². The molecule has 0 unspecified atom stereocenters. The second-order valence-corrected chi connectivity index (χ2v) is 8.88. The van der Waals surface area contributed by atoms with E-state index in [9.17, 15) is 9.18 Å². The minimum atomic E-state index is -0.282. The standard InChI is InChI=1S/C21H24BrFN2O2/c1-21(2)12-24-20(26)17-16(14-3-5-15(23)6-4-14)19(22)25(18(17)21)11-13-7-9-27-10-8-13/h3-6,13H,7-12H2,1-2H3,(H,24,26). The molecule has 3 heterocycles. The predicted octanol–water partition coefficient (Wildman–Crippen LogP) is 4.50. The number of nitrogens with zero attached hydrogens (tertiary/aromatic N) is 1. The van der Waals surface area contributed by atoms with Gasteiger partial charge in [-0.3, -0.25) is 4.79 Å². The van der Waals surface area contributed by atoms with Crippen LogP contribution < -0.4 is 5.32 Å². The number of carbonyl (C=O) groups excluding carboxylic acids is 1. The quantitative estimate of drug-likeness (QED) is 0.772. The van der Waals surface area contributed by atoms with Crippen molar-refractivity contribution in [2.75, 3.05) is 19.8 Å². The van der Waals surface area contributed by atoms with Crippen LogP contribution in [0.15, 0.2) is 28.9 Å². The van der Waals surface area contributed by atoms with E-state index in [1.165, 1.54) is 12.1 Å². The molecule has 4 rings (SSSR count). The fraction of sp³-hybridized carbons (Fsp3) is 0.476.